The number of nitrogens with one attached hydrogen (secondary N) is 2. The number of nitrogens with zero attached hydrogens (tertiary/aromatic N) is 2. The Bertz CT molecular complexity index is 608. The van der Waals surface area contributed by atoms with E-state index in [-0.39, 0.29) is 5.91 Å². The standard InChI is InChI=1S/C21H32N4O/c1-22-20(25-15-13-21(17-25)11-6-3-7-12-21)23-14-10-19(26)24-16-18-8-4-2-5-9-18/h2,4-5,8-9H,3,6-7,10-17H2,1H3,(H,22,23)(H,24,26). The molecule has 1 saturated carbocycles. The molecule has 1 amide bonds. The molecule has 0 atom stereocenters. The SMILES string of the molecule is CN=C(NCCC(=O)NCc1ccccc1)N1CCC2(CCCCC2)C1. The Kier molecular flexibility index (Phi) is 6.53. The van der Waals surface area contributed by atoms with Crippen LogP contribution in [0, 0.1) is 5.41 Å². The van der Waals surface area contributed by atoms with Crippen molar-refractivity contribution in [1.29, 1.82) is 0 Å². The lowest BCUT2D eigenvalue weighted by Crippen LogP contribution is -2.42. The van der Waals surface area contributed by atoms with E-state index in [2.05, 4.69) is 20.5 Å². The molecule has 2 N–H and O–H groups in total. The molecule has 5 nitrogen and oxygen atoms in total. The lowest BCUT2D eigenvalue weighted by Gasteiger charge is -2.33. The van der Waals surface area contributed by atoms with E-state index in [0.29, 0.717) is 24.9 Å². The topological polar surface area (TPSA) is 56.7 Å². The maximum atomic E-state index is 12.0. The van der Waals surface area contributed by atoms with Crippen LogP contribution in [0.5, 0.6) is 0 Å². The van der Waals surface area contributed by atoms with E-state index in [1.54, 1.807) is 0 Å². The molecule has 1 aliphatic carbocycles. The quantitative estimate of drug-likeness (QED) is 0.630. The molecule has 3 rings (SSSR count). The minimum Gasteiger partial charge on any atom is -0.356 e. The van der Waals surface area contributed by atoms with Gasteiger partial charge in [-0.25, -0.2) is 0 Å². The molecule has 1 aromatic rings. The summed E-state index contributed by atoms with van der Waals surface area (Å²) in [5.41, 5.74) is 1.64. The first-order valence-electron chi connectivity index (χ1n) is 9.97. The molecule has 2 fully saturated rings. The molecule has 1 spiro atoms. The maximum Gasteiger partial charge on any atom is 0.222 e. The number of carbonyl (C=O) groups is 1. The molecule has 2 aliphatic rings. The van der Waals surface area contributed by atoms with E-state index in [1.165, 1.54) is 38.5 Å². The number of hydrogen-bond donors (Lipinski definition) is 2. The monoisotopic (exact) mass is 356 g/mol. The van der Waals surface area contributed by atoms with Crippen molar-refractivity contribution in [2.45, 2.75) is 51.5 Å². The van der Waals surface area contributed by atoms with Crippen LogP contribution < -0.4 is 10.6 Å². The zero-order valence-corrected chi connectivity index (χ0v) is 16.0. The van der Waals surface area contributed by atoms with Crippen LogP contribution in [0.2, 0.25) is 0 Å². The second kappa shape index (κ2) is 9.06. The fraction of sp³-hybridized carbons (Fsp3) is 0.619. The summed E-state index contributed by atoms with van der Waals surface area (Å²) in [6, 6.07) is 10.0. The van der Waals surface area contributed by atoms with Crippen molar-refractivity contribution < 1.29 is 4.79 Å². The van der Waals surface area contributed by atoms with Crippen LogP contribution in [-0.4, -0.2) is 43.4 Å². The Hall–Kier alpha value is -2.04. The molecular weight excluding hydrogens is 324 g/mol. The summed E-state index contributed by atoms with van der Waals surface area (Å²) < 4.78 is 0. The van der Waals surface area contributed by atoms with Crippen molar-refractivity contribution in [3.8, 4) is 0 Å². The van der Waals surface area contributed by atoms with Gasteiger partial charge in [0.05, 0.1) is 0 Å². The zero-order valence-electron chi connectivity index (χ0n) is 16.0. The van der Waals surface area contributed by atoms with Crippen molar-refractivity contribution >= 4 is 11.9 Å². The number of likely N-dealkylation sites (tertiary alicyclic amines) is 1. The minimum atomic E-state index is 0.0713. The highest BCUT2D eigenvalue weighted by molar-refractivity contribution is 5.81. The lowest BCUT2D eigenvalue weighted by molar-refractivity contribution is -0.121. The fourth-order valence-corrected chi connectivity index (χ4v) is 4.33. The fourth-order valence-electron chi connectivity index (χ4n) is 4.33. The van der Waals surface area contributed by atoms with Crippen molar-refractivity contribution in [2.75, 3.05) is 26.7 Å². The summed E-state index contributed by atoms with van der Waals surface area (Å²) in [6.45, 7) is 3.41. The minimum absolute atomic E-state index is 0.0713. The van der Waals surface area contributed by atoms with E-state index in [0.717, 1.165) is 24.6 Å². The smallest absolute Gasteiger partial charge is 0.222 e. The van der Waals surface area contributed by atoms with Crippen LogP contribution in [0.15, 0.2) is 35.3 Å². The molecule has 1 heterocycles. The third-order valence-electron chi connectivity index (χ3n) is 5.83. The average Bonchev–Trinajstić information content (AvgIpc) is 3.08. The number of benzene rings is 1. The van der Waals surface area contributed by atoms with E-state index >= 15 is 0 Å². The summed E-state index contributed by atoms with van der Waals surface area (Å²) in [4.78, 5) is 18.9. The van der Waals surface area contributed by atoms with Gasteiger partial charge in [-0.05, 0) is 30.2 Å². The molecule has 0 unspecified atom stereocenters. The van der Waals surface area contributed by atoms with Crippen LogP contribution >= 0.6 is 0 Å². The number of rotatable bonds is 5. The molecule has 5 heteroatoms. The third-order valence-corrected chi connectivity index (χ3v) is 5.83. The summed E-state index contributed by atoms with van der Waals surface area (Å²) >= 11 is 0. The second-order valence-corrected chi connectivity index (χ2v) is 7.72. The van der Waals surface area contributed by atoms with Crippen molar-refractivity contribution in [1.82, 2.24) is 15.5 Å². The average molecular weight is 357 g/mol. The maximum absolute atomic E-state index is 12.0. The molecule has 26 heavy (non-hydrogen) atoms. The Labute approximate surface area is 157 Å². The van der Waals surface area contributed by atoms with Crippen molar-refractivity contribution in [3.05, 3.63) is 35.9 Å². The van der Waals surface area contributed by atoms with Gasteiger partial charge in [0.1, 0.15) is 0 Å². The van der Waals surface area contributed by atoms with Crippen LogP contribution in [0.4, 0.5) is 0 Å². The Balaban J connectivity index is 1.38. The molecule has 1 aliphatic heterocycles. The van der Waals surface area contributed by atoms with Gasteiger partial charge in [0.15, 0.2) is 5.96 Å². The third kappa shape index (κ3) is 4.99. The largest absolute Gasteiger partial charge is 0.356 e. The number of guanidine groups is 1. The highest BCUT2D eigenvalue weighted by atomic mass is 16.1. The number of aliphatic imine (C=N–C) groups is 1. The van der Waals surface area contributed by atoms with Gasteiger partial charge in [-0.2, -0.15) is 0 Å². The normalized spacial score (nSPS) is 19.6. The molecular formula is C21H32N4O. The first-order valence-corrected chi connectivity index (χ1v) is 9.97. The second-order valence-electron chi connectivity index (χ2n) is 7.72. The Morgan fingerprint density at radius 2 is 1.88 bits per heavy atom. The number of carbonyl (C=O) groups excluding carboxylic acids is 1. The van der Waals surface area contributed by atoms with E-state index < -0.39 is 0 Å². The predicted molar refractivity (Wildman–Crippen MR) is 106 cm³/mol. The Morgan fingerprint density at radius 3 is 2.62 bits per heavy atom. The summed E-state index contributed by atoms with van der Waals surface area (Å²) in [7, 11) is 1.84. The van der Waals surface area contributed by atoms with Gasteiger partial charge in [-0.15, -0.1) is 0 Å². The highest BCUT2D eigenvalue weighted by Crippen LogP contribution is 2.43. The van der Waals surface area contributed by atoms with E-state index in [4.69, 9.17) is 0 Å². The molecule has 1 aromatic carbocycles. The number of hydrogen-bond acceptors (Lipinski definition) is 2. The van der Waals surface area contributed by atoms with Gasteiger partial charge in [0, 0.05) is 39.6 Å². The first kappa shape index (κ1) is 18.7. The van der Waals surface area contributed by atoms with Gasteiger partial charge < -0.3 is 15.5 Å². The van der Waals surface area contributed by atoms with E-state index in [1.807, 2.05) is 37.4 Å². The molecule has 1 saturated heterocycles. The van der Waals surface area contributed by atoms with Crippen molar-refractivity contribution in [2.24, 2.45) is 10.4 Å². The van der Waals surface area contributed by atoms with E-state index in [9.17, 15) is 4.79 Å². The van der Waals surface area contributed by atoms with Crippen molar-refractivity contribution in [3.63, 3.8) is 0 Å². The van der Waals surface area contributed by atoms with Gasteiger partial charge in [0.2, 0.25) is 5.91 Å². The van der Waals surface area contributed by atoms with Crippen LogP contribution in [0.25, 0.3) is 0 Å². The van der Waals surface area contributed by atoms with Gasteiger partial charge >= 0.3 is 0 Å². The van der Waals surface area contributed by atoms with Crippen LogP contribution in [0.3, 0.4) is 0 Å². The van der Waals surface area contributed by atoms with Crippen LogP contribution in [0.1, 0.15) is 50.5 Å². The number of amides is 1. The molecule has 0 radical (unpaired) electrons. The summed E-state index contributed by atoms with van der Waals surface area (Å²) in [6.07, 6.45) is 8.62. The highest BCUT2D eigenvalue weighted by Gasteiger charge is 2.39. The van der Waals surface area contributed by atoms with Gasteiger partial charge in [-0.3, -0.25) is 9.79 Å². The molecule has 0 bridgehead atoms. The molecule has 0 aromatic heterocycles. The molecule has 142 valence electrons. The Morgan fingerprint density at radius 1 is 1.12 bits per heavy atom. The van der Waals surface area contributed by atoms with Crippen LogP contribution in [-0.2, 0) is 11.3 Å². The summed E-state index contributed by atoms with van der Waals surface area (Å²) in [5.74, 6) is 1.02. The summed E-state index contributed by atoms with van der Waals surface area (Å²) in [5, 5.41) is 6.35. The van der Waals surface area contributed by atoms with Gasteiger partial charge in [-0.1, -0.05) is 49.6 Å². The van der Waals surface area contributed by atoms with Gasteiger partial charge in [0.25, 0.3) is 0 Å². The lowest BCUT2D eigenvalue weighted by atomic mass is 9.73. The predicted octanol–water partition coefficient (Wildman–Crippen LogP) is 2.92. The zero-order chi connectivity index (χ0) is 18.2. The first-order chi connectivity index (χ1) is 12.7.